The fourth-order valence-electron chi connectivity index (χ4n) is 3.84. The summed E-state index contributed by atoms with van der Waals surface area (Å²) in [5, 5.41) is 12.6. The number of benzene rings is 1. The fraction of sp³-hybridized carbons (Fsp3) is 0.200. The maximum atomic E-state index is 12.3. The Labute approximate surface area is 185 Å². The molecule has 32 heavy (non-hydrogen) atoms. The van der Waals surface area contributed by atoms with Crippen molar-refractivity contribution in [2.75, 3.05) is 5.32 Å². The Morgan fingerprint density at radius 3 is 2.75 bits per heavy atom. The molecule has 1 aromatic carbocycles. The maximum absolute atomic E-state index is 12.3. The quantitative estimate of drug-likeness (QED) is 0.352. The van der Waals surface area contributed by atoms with Crippen molar-refractivity contribution in [3.05, 3.63) is 61.1 Å². The number of carbonyl (C=O) groups excluding carboxylic acids is 1. The molecule has 7 heteroatoms. The van der Waals surface area contributed by atoms with E-state index in [1.807, 2.05) is 51.1 Å². The van der Waals surface area contributed by atoms with Crippen LogP contribution in [0.1, 0.15) is 27.2 Å². The summed E-state index contributed by atoms with van der Waals surface area (Å²) in [6.07, 6.45) is 5.68. The molecule has 7 nitrogen and oxygen atoms in total. The Hall–Kier alpha value is -4.00. The zero-order valence-corrected chi connectivity index (χ0v) is 18.2. The molecule has 0 saturated heterocycles. The van der Waals surface area contributed by atoms with E-state index in [0.29, 0.717) is 12.1 Å². The van der Waals surface area contributed by atoms with Crippen molar-refractivity contribution in [2.24, 2.45) is 5.41 Å². The number of hydrogen-bond donors (Lipinski definition) is 3. The van der Waals surface area contributed by atoms with Crippen LogP contribution in [0.3, 0.4) is 0 Å². The number of carbonyl (C=O) groups is 1. The number of fused-ring (bicyclic) bond motifs is 2. The van der Waals surface area contributed by atoms with Gasteiger partial charge in [-0.25, -0.2) is 4.98 Å². The van der Waals surface area contributed by atoms with E-state index in [1.165, 1.54) is 0 Å². The number of hydrogen-bond acceptors (Lipinski definition) is 4. The van der Waals surface area contributed by atoms with Crippen LogP contribution >= 0.6 is 0 Å². The van der Waals surface area contributed by atoms with Gasteiger partial charge in [-0.15, -0.1) is 0 Å². The predicted molar refractivity (Wildman–Crippen MR) is 127 cm³/mol. The summed E-state index contributed by atoms with van der Waals surface area (Å²) in [7, 11) is 0. The third-order valence-electron chi connectivity index (χ3n) is 5.26. The average Bonchev–Trinajstić information content (AvgIpc) is 3.35. The van der Waals surface area contributed by atoms with E-state index in [-0.39, 0.29) is 11.3 Å². The van der Waals surface area contributed by atoms with Crippen molar-refractivity contribution < 1.29 is 4.79 Å². The Balaban J connectivity index is 1.49. The van der Waals surface area contributed by atoms with Gasteiger partial charge in [-0.05, 0) is 47.4 Å². The van der Waals surface area contributed by atoms with Crippen LogP contribution in [0, 0.1) is 5.41 Å². The Kier molecular flexibility index (Phi) is 4.74. The maximum Gasteiger partial charge on any atom is 0.224 e. The van der Waals surface area contributed by atoms with E-state index in [2.05, 4.69) is 42.6 Å². The molecule has 4 aromatic heterocycles. The van der Waals surface area contributed by atoms with Crippen LogP contribution in [0.15, 0.2) is 61.1 Å². The highest BCUT2D eigenvalue weighted by molar-refractivity contribution is 5.97. The van der Waals surface area contributed by atoms with Crippen molar-refractivity contribution in [1.29, 1.82) is 0 Å². The molecule has 0 bridgehead atoms. The highest BCUT2D eigenvalue weighted by atomic mass is 16.1. The normalized spacial score (nSPS) is 11.8. The molecule has 0 aliphatic carbocycles. The molecule has 0 aliphatic heterocycles. The molecular formula is C25H24N6O. The third kappa shape index (κ3) is 3.97. The highest BCUT2D eigenvalue weighted by Gasteiger charge is 2.17. The molecule has 3 N–H and O–H groups in total. The van der Waals surface area contributed by atoms with Gasteiger partial charge in [0, 0.05) is 35.2 Å². The molecule has 0 fully saturated rings. The van der Waals surface area contributed by atoms with Gasteiger partial charge >= 0.3 is 0 Å². The number of amides is 1. The first kappa shape index (κ1) is 19.9. The fourth-order valence-corrected chi connectivity index (χ4v) is 3.84. The number of aromatic nitrogens is 5. The lowest BCUT2D eigenvalue weighted by Crippen LogP contribution is -2.19. The minimum Gasteiger partial charge on any atom is -0.338 e. The lowest BCUT2D eigenvalue weighted by atomic mass is 9.92. The molecule has 1 amide bonds. The van der Waals surface area contributed by atoms with E-state index in [1.54, 1.807) is 18.6 Å². The first-order chi connectivity index (χ1) is 15.4. The summed E-state index contributed by atoms with van der Waals surface area (Å²) < 4.78 is 0. The van der Waals surface area contributed by atoms with Crippen LogP contribution in [0.5, 0.6) is 0 Å². The van der Waals surface area contributed by atoms with Crippen molar-refractivity contribution in [3.63, 3.8) is 0 Å². The van der Waals surface area contributed by atoms with Crippen LogP contribution in [-0.2, 0) is 4.79 Å². The van der Waals surface area contributed by atoms with Gasteiger partial charge in [0.15, 0.2) is 0 Å². The topological polar surface area (TPSA) is 99.3 Å². The predicted octanol–water partition coefficient (Wildman–Crippen LogP) is 5.54. The molecule has 0 unspecified atom stereocenters. The van der Waals surface area contributed by atoms with E-state index in [9.17, 15) is 4.79 Å². The van der Waals surface area contributed by atoms with Crippen molar-refractivity contribution in [1.82, 2.24) is 25.1 Å². The number of nitrogens with zero attached hydrogens (tertiary/aromatic N) is 3. The largest absolute Gasteiger partial charge is 0.338 e. The van der Waals surface area contributed by atoms with Crippen molar-refractivity contribution in [3.8, 4) is 22.5 Å². The Morgan fingerprint density at radius 1 is 1.06 bits per heavy atom. The number of H-pyrrole nitrogens is 2. The first-order valence-corrected chi connectivity index (χ1v) is 10.5. The number of rotatable bonds is 4. The summed E-state index contributed by atoms with van der Waals surface area (Å²) >= 11 is 0. The lowest BCUT2D eigenvalue weighted by molar-refractivity contribution is -0.117. The van der Waals surface area contributed by atoms with Crippen LogP contribution in [0.25, 0.3) is 44.5 Å². The lowest BCUT2D eigenvalue weighted by Gasteiger charge is -2.17. The minimum atomic E-state index is -0.0734. The Bertz CT molecular complexity index is 1410. The van der Waals surface area contributed by atoms with E-state index >= 15 is 0 Å². The van der Waals surface area contributed by atoms with Crippen LogP contribution < -0.4 is 5.32 Å². The van der Waals surface area contributed by atoms with Gasteiger partial charge in [-0.2, -0.15) is 5.10 Å². The monoisotopic (exact) mass is 424 g/mol. The second-order valence-electron chi connectivity index (χ2n) is 9.20. The smallest absolute Gasteiger partial charge is 0.224 e. The standard InChI is InChI=1S/C25H24N6O/c1-25(2,3)12-22(32)28-18-9-17(13-26-14-18)15-6-7-20-19(10-15)23(31-30-20)21-11-16-5-4-8-27-24(16)29-21/h4-11,13-14H,12H2,1-3H3,(H,27,29)(H,28,32)(H,30,31). The summed E-state index contributed by atoms with van der Waals surface area (Å²) in [5.74, 6) is -0.0172. The molecule has 160 valence electrons. The zero-order chi connectivity index (χ0) is 22.3. The van der Waals surface area contributed by atoms with Gasteiger partial charge < -0.3 is 10.3 Å². The third-order valence-corrected chi connectivity index (χ3v) is 5.26. The van der Waals surface area contributed by atoms with Gasteiger partial charge in [0.25, 0.3) is 0 Å². The molecule has 5 rings (SSSR count). The molecule has 0 atom stereocenters. The van der Waals surface area contributed by atoms with E-state index in [4.69, 9.17) is 0 Å². The van der Waals surface area contributed by atoms with Crippen LogP contribution in [0.4, 0.5) is 5.69 Å². The molecule has 0 spiro atoms. The summed E-state index contributed by atoms with van der Waals surface area (Å²) in [5.41, 5.74) is 6.04. The van der Waals surface area contributed by atoms with Crippen LogP contribution in [-0.4, -0.2) is 31.1 Å². The van der Waals surface area contributed by atoms with Gasteiger partial charge in [0.1, 0.15) is 11.3 Å². The molecule has 4 heterocycles. The second kappa shape index (κ2) is 7.60. The summed E-state index contributed by atoms with van der Waals surface area (Å²) in [6.45, 7) is 6.13. The molecular weight excluding hydrogens is 400 g/mol. The summed E-state index contributed by atoms with van der Waals surface area (Å²) in [4.78, 5) is 24.4. The molecule has 0 radical (unpaired) electrons. The van der Waals surface area contributed by atoms with Gasteiger partial charge in [-0.3, -0.25) is 14.9 Å². The van der Waals surface area contributed by atoms with Crippen molar-refractivity contribution in [2.45, 2.75) is 27.2 Å². The molecule has 0 saturated carbocycles. The number of aromatic amines is 2. The molecule has 5 aromatic rings. The molecule has 0 aliphatic rings. The SMILES string of the molecule is CC(C)(C)CC(=O)Nc1cncc(-c2ccc3[nH]nc(-c4cc5cccnc5[nH]4)c3c2)c1. The second-order valence-corrected chi connectivity index (χ2v) is 9.20. The minimum absolute atomic E-state index is 0.0172. The average molecular weight is 425 g/mol. The van der Waals surface area contributed by atoms with Gasteiger partial charge in [-0.1, -0.05) is 26.8 Å². The zero-order valence-electron chi connectivity index (χ0n) is 18.2. The highest BCUT2D eigenvalue weighted by Crippen LogP contribution is 2.32. The van der Waals surface area contributed by atoms with E-state index in [0.717, 1.165) is 44.5 Å². The Morgan fingerprint density at radius 2 is 1.94 bits per heavy atom. The first-order valence-electron chi connectivity index (χ1n) is 10.5. The van der Waals surface area contributed by atoms with Crippen molar-refractivity contribution >= 4 is 33.5 Å². The number of nitrogens with one attached hydrogen (secondary N) is 3. The van der Waals surface area contributed by atoms with E-state index < -0.39 is 0 Å². The van der Waals surface area contributed by atoms with Gasteiger partial charge in [0.05, 0.1) is 23.1 Å². The summed E-state index contributed by atoms with van der Waals surface area (Å²) in [6, 6.07) is 14.1. The number of anilines is 1. The number of pyridine rings is 2. The van der Waals surface area contributed by atoms with Crippen LogP contribution in [0.2, 0.25) is 0 Å². The van der Waals surface area contributed by atoms with Gasteiger partial charge in [0.2, 0.25) is 5.91 Å².